The average Bonchev–Trinajstić information content (AvgIpc) is 2.31. The predicted molar refractivity (Wildman–Crippen MR) is 80.1 cm³/mol. The summed E-state index contributed by atoms with van der Waals surface area (Å²) >= 11 is 5.80. The molecule has 0 fully saturated rings. The van der Waals surface area contributed by atoms with Gasteiger partial charge in [-0.05, 0) is 12.3 Å². The van der Waals surface area contributed by atoms with Gasteiger partial charge in [-0.1, -0.05) is 39.3 Å². The number of rotatable bonds is 6. The first-order valence-electron chi connectivity index (χ1n) is 6.85. The Morgan fingerprint density at radius 3 is 2.60 bits per heavy atom. The molecule has 0 unspecified atom stereocenters. The number of nitrogens with one attached hydrogen (secondary N) is 1. The molecule has 1 aromatic rings. The number of nitrogens with zero attached hydrogens (tertiary/aromatic N) is 2. The third kappa shape index (κ3) is 4.96. The van der Waals surface area contributed by atoms with Crippen molar-refractivity contribution >= 4 is 17.5 Å². The van der Waals surface area contributed by atoms with E-state index in [9.17, 15) is 9.59 Å². The zero-order valence-electron chi connectivity index (χ0n) is 12.4. The van der Waals surface area contributed by atoms with Gasteiger partial charge in [-0.2, -0.15) is 0 Å². The predicted octanol–water partition coefficient (Wildman–Crippen LogP) is 2.18. The molecule has 5 nitrogen and oxygen atoms in total. The van der Waals surface area contributed by atoms with Gasteiger partial charge < -0.3 is 5.32 Å². The van der Waals surface area contributed by atoms with Gasteiger partial charge in [-0.25, -0.2) is 4.98 Å². The summed E-state index contributed by atoms with van der Waals surface area (Å²) in [6.45, 7) is 8.60. The van der Waals surface area contributed by atoms with E-state index in [1.807, 2.05) is 13.8 Å². The van der Waals surface area contributed by atoms with E-state index in [0.29, 0.717) is 18.3 Å². The van der Waals surface area contributed by atoms with Crippen molar-refractivity contribution in [3.05, 3.63) is 27.4 Å². The molecule has 0 spiro atoms. The second-order valence-electron chi connectivity index (χ2n) is 5.55. The number of aromatic nitrogens is 2. The monoisotopic (exact) mass is 299 g/mol. The lowest BCUT2D eigenvalue weighted by Crippen LogP contribution is -2.35. The molecule has 20 heavy (non-hydrogen) atoms. The molecule has 0 aliphatic heterocycles. The Morgan fingerprint density at radius 2 is 2.05 bits per heavy atom. The number of hydrogen-bond acceptors (Lipinski definition) is 3. The molecule has 1 N–H and O–H groups in total. The fraction of sp³-hybridized carbons (Fsp3) is 0.643. The molecule has 1 rings (SSSR count). The molecule has 1 aromatic heterocycles. The van der Waals surface area contributed by atoms with Crippen molar-refractivity contribution in [2.45, 2.75) is 46.6 Å². The van der Waals surface area contributed by atoms with Crippen molar-refractivity contribution in [3.8, 4) is 0 Å². The first kappa shape index (κ1) is 16.7. The number of carbonyl (C=O) groups excluding carboxylic acids is 1. The molecule has 1 amide bonds. The minimum absolute atomic E-state index is 0.0184. The maximum absolute atomic E-state index is 11.9. The van der Waals surface area contributed by atoms with Crippen molar-refractivity contribution in [2.24, 2.45) is 5.92 Å². The van der Waals surface area contributed by atoms with Crippen LogP contribution in [0, 0.1) is 5.92 Å². The van der Waals surface area contributed by atoms with Gasteiger partial charge >= 0.3 is 0 Å². The van der Waals surface area contributed by atoms with Gasteiger partial charge in [0.25, 0.3) is 5.56 Å². The Labute approximate surface area is 124 Å². The van der Waals surface area contributed by atoms with Crippen LogP contribution in [-0.2, 0) is 11.3 Å². The third-order valence-corrected chi connectivity index (χ3v) is 3.06. The summed E-state index contributed by atoms with van der Waals surface area (Å²) in [5.74, 6) is 0.895. The lowest BCUT2D eigenvalue weighted by Gasteiger charge is -2.14. The molecule has 0 aliphatic rings. The quantitative estimate of drug-likeness (QED) is 0.819. The Bertz CT molecular complexity index is 524. The third-order valence-electron chi connectivity index (χ3n) is 2.87. The summed E-state index contributed by atoms with van der Waals surface area (Å²) in [6, 6.07) is 1.23. The van der Waals surface area contributed by atoms with Crippen LogP contribution < -0.4 is 10.9 Å². The van der Waals surface area contributed by atoms with Gasteiger partial charge in [-0.15, -0.1) is 0 Å². The molecule has 0 aliphatic carbocycles. The highest BCUT2D eigenvalue weighted by atomic mass is 35.5. The smallest absolute Gasteiger partial charge is 0.255 e. The number of carbonyl (C=O) groups is 1. The van der Waals surface area contributed by atoms with Gasteiger partial charge in [-0.3, -0.25) is 14.2 Å². The Kier molecular flexibility index (Phi) is 6.20. The van der Waals surface area contributed by atoms with E-state index in [1.165, 1.54) is 10.6 Å². The Balaban J connectivity index is 2.81. The molecule has 1 heterocycles. The lowest BCUT2D eigenvalue weighted by molar-refractivity contribution is -0.121. The molecule has 0 radical (unpaired) electrons. The van der Waals surface area contributed by atoms with Crippen LogP contribution in [0.15, 0.2) is 10.9 Å². The van der Waals surface area contributed by atoms with E-state index in [4.69, 9.17) is 11.6 Å². The second-order valence-corrected chi connectivity index (χ2v) is 5.94. The van der Waals surface area contributed by atoms with E-state index >= 15 is 0 Å². The normalized spacial score (nSPS) is 11.2. The van der Waals surface area contributed by atoms with Gasteiger partial charge in [0, 0.05) is 18.5 Å². The standard InChI is InChI=1S/C14H22ClN3O2/c1-9(2)5-6-16-12(19)8-18-13(20)7-11(15)17-14(18)10(3)4/h7,9-10H,5-6,8H2,1-4H3,(H,16,19). The molecule has 112 valence electrons. The zero-order chi connectivity index (χ0) is 15.3. The van der Waals surface area contributed by atoms with E-state index in [1.54, 1.807) is 0 Å². The molecule has 0 atom stereocenters. The van der Waals surface area contributed by atoms with Crippen molar-refractivity contribution in [3.63, 3.8) is 0 Å². The molecule has 0 saturated heterocycles. The van der Waals surface area contributed by atoms with Crippen molar-refractivity contribution in [2.75, 3.05) is 6.54 Å². The van der Waals surface area contributed by atoms with Crippen molar-refractivity contribution < 1.29 is 4.79 Å². The Hall–Kier alpha value is -1.36. The van der Waals surface area contributed by atoms with Crippen LogP contribution in [0.3, 0.4) is 0 Å². The maximum Gasteiger partial charge on any atom is 0.255 e. The van der Waals surface area contributed by atoms with Crippen LogP contribution in [0.4, 0.5) is 0 Å². The van der Waals surface area contributed by atoms with Crippen LogP contribution in [0.1, 0.15) is 45.9 Å². The van der Waals surface area contributed by atoms with Crippen LogP contribution in [-0.4, -0.2) is 22.0 Å². The zero-order valence-corrected chi connectivity index (χ0v) is 13.2. The average molecular weight is 300 g/mol. The number of hydrogen-bond donors (Lipinski definition) is 1. The van der Waals surface area contributed by atoms with Gasteiger partial charge in [0.15, 0.2) is 0 Å². The molecule has 0 saturated carbocycles. The highest BCUT2D eigenvalue weighted by Crippen LogP contribution is 2.12. The van der Waals surface area contributed by atoms with Crippen LogP contribution in [0.25, 0.3) is 0 Å². The lowest BCUT2D eigenvalue weighted by atomic mass is 10.1. The first-order valence-corrected chi connectivity index (χ1v) is 7.23. The number of halogens is 1. The van der Waals surface area contributed by atoms with Crippen LogP contribution in [0.5, 0.6) is 0 Å². The summed E-state index contributed by atoms with van der Waals surface area (Å²) in [5.41, 5.74) is -0.298. The summed E-state index contributed by atoms with van der Waals surface area (Å²) in [4.78, 5) is 28.0. The van der Waals surface area contributed by atoms with Crippen LogP contribution in [0.2, 0.25) is 5.15 Å². The highest BCUT2D eigenvalue weighted by Gasteiger charge is 2.14. The van der Waals surface area contributed by atoms with Crippen molar-refractivity contribution in [1.29, 1.82) is 0 Å². The van der Waals surface area contributed by atoms with E-state index < -0.39 is 0 Å². The number of amides is 1. The SMILES string of the molecule is CC(C)CCNC(=O)Cn1c(C(C)C)nc(Cl)cc1=O. The van der Waals surface area contributed by atoms with E-state index in [0.717, 1.165) is 6.42 Å². The van der Waals surface area contributed by atoms with E-state index in [-0.39, 0.29) is 29.1 Å². The van der Waals surface area contributed by atoms with Crippen LogP contribution >= 0.6 is 11.6 Å². The fourth-order valence-corrected chi connectivity index (χ4v) is 1.97. The van der Waals surface area contributed by atoms with Gasteiger partial charge in [0.1, 0.15) is 17.5 Å². The largest absolute Gasteiger partial charge is 0.355 e. The maximum atomic E-state index is 11.9. The Morgan fingerprint density at radius 1 is 1.40 bits per heavy atom. The molecule has 0 aromatic carbocycles. The topological polar surface area (TPSA) is 64.0 Å². The first-order chi connectivity index (χ1) is 9.31. The molecule has 6 heteroatoms. The summed E-state index contributed by atoms with van der Waals surface area (Å²) in [7, 11) is 0. The van der Waals surface area contributed by atoms with Crippen molar-refractivity contribution in [1.82, 2.24) is 14.9 Å². The summed E-state index contributed by atoms with van der Waals surface area (Å²) < 4.78 is 1.38. The highest BCUT2D eigenvalue weighted by molar-refractivity contribution is 6.29. The molecular formula is C14H22ClN3O2. The minimum Gasteiger partial charge on any atom is -0.355 e. The summed E-state index contributed by atoms with van der Waals surface area (Å²) in [6.07, 6.45) is 0.913. The minimum atomic E-state index is -0.298. The van der Waals surface area contributed by atoms with Gasteiger partial charge in [0.05, 0.1) is 0 Å². The fourth-order valence-electron chi connectivity index (χ4n) is 1.79. The molecular weight excluding hydrogens is 278 g/mol. The second kappa shape index (κ2) is 7.43. The van der Waals surface area contributed by atoms with Gasteiger partial charge in [0.2, 0.25) is 5.91 Å². The van der Waals surface area contributed by atoms with E-state index in [2.05, 4.69) is 24.1 Å². The molecule has 0 bridgehead atoms. The summed E-state index contributed by atoms with van der Waals surface area (Å²) in [5, 5.41) is 2.97.